The van der Waals surface area contributed by atoms with Crippen molar-refractivity contribution in [2.75, 3.05) is 13.1 Å². The number of hydrogen-bond donors (Lipinski definition) is 0. The summed E-state index contributed by atoms with van der Waals surface area (Å²) in [6, 6.07) is 12.0. The predicted molar refractivity (Wildman–Crippen MR) is 100 cm³/mol. The number of aryl methyl sites for hydroxylation is 1. The lowest BCUT2D eigenvalue weighted by Gasteiger charge is -2.32. The Labute approximate surface area is 151 Å². The van der Waals surface area contributed by atoms with E-state index in [1.807, 2.05) is 53.6 Å². The summed E-state index contributed by atoms with van der Waals surface area (Å²) in [6.07, 6.45) is 3.61. The first-order valence-electron chi connectivity index (χ1n) is 8.55. The van der Waals surface area contributed by atoms with E-state index in [2.05, 4.69) is 4.98 Å². The first kappa shape index (κ1) is 16.1. The quantitative estimate of drug-likeness (QED) is 0.706. The van der Waals surface area contributed by atoms with Crippen LogP contribution in [-0.2, 0) is 0 Å². The molecular weight excluding hydrogens is 332 g/mol. The first-order chi connectivity index (χ1) is 12.2. The van der Waals surface area contributed by atoms with Gasteiger partial charge in [0.25, 0.3) is 5.91 Å². The number of para-hydroxylation sites is 1. The lowest BCUT2D eigenvalue weighted by molar-refractivity contribution is 0.0602. The SMILES string of the molecule is Cc1csc(C(=O)N2CCC(Oc3cccc4cccnc34)CC2)c1. The van der Waals surface area contributed by atoms with Crippen LogP contribution in [0.3, 0.4) is 0 Å². The topological polar surface area (TPSA) is 42.4 Å². The average molecular weight is 352 g/mol. The molecule has 0 N–H and O–H groups in total. The number of aromatic nitrogens is 1. The van der Waals surface area contributed by atoms with Crippen LogP contribution in [-0.4, -0.2) is 35.0 Å². The Morgan fingerprint density at radius 3 is 2.80 bits per heavy atom. The van der Waals surface area contributed by atoms with Crippen LogP contribution in [0.25, 0.3) is 10.9 Å². The molecule has 1 saturated heterocycles. The smallest absolute Gasteiger partial charge is 0.263 e. The number of nitrogens with zero attached hydrogens (tertiary/aromatic N) is 2. The minimum absolute atomic E-state index is 0.127. The van der Waals surface area contributed by atoms with Gasteiger partial charge in [0.2, 0.25) is 0 Å². The number of likely N-dealkylation sites (tertiary alicyclic amines) is 1. The molecule has 1 fully saturated rings. The molecule has 0 saturated carbocycles. The molecule has 5 heteroatoms. The van der Waals surface area contributed by atoms with Crippen molar-refractivity contribution in [2.24, 2.45) is 0 Å². The highest BCUT2D eigenvalue weighted by atomic mass is 32.1. The van der Waals surface area contributed by atoms with Gasteiger partial charge in [0.1, 0.15) is 17.4 Å². The van der Waals surface area contributed by atoms with Gasteiger partial charge in [-0.3, -0.25) is 9.78 Å². The van der Waals surface area contributed by atoms with E-state index in [9.17, 15) is 4.79 Å². The molecule has 1 amide bonds. The highest BCUT2D eigenvalue weighted by molar-refractivity contribution is 7.12. The number of benzene rings is 1. The Hall–Kier alpha value is -2.40. The third-order valence-electron chi connectivity index (χ3n) is 4.56. The molecule has 25 heavy (non-hydrogen) atoms. The summed E-state index contributed by atoms with van der Waals surface area (Å²) >= 11 is 1.53. The van der Waals surface area contributed by atoms with Gasteiger partial charge in [0.15, 0.2) is 0 Å². The zero-order valence-corrected chi connectivity index (χ0v) is 15.0. The summed E-state index contributed by atoms with van der Waals surface area (Å²) in [5.41, 5.74) is 2.05. The van der Waals surface area contributed by atoms with E-state index < -0.39 is 0 Å². The van der Waals surface area contributed by atoms with Gasteiger partial charge in [-0.05, 0) is 36.1 Å². The molecule has 1 aromatic carbocycles. The number of amides is 1. The molecule has 0 bridgehead atoms. The minimum atomic E-state index is 0.127. The van der Waals surface area contributed by atoms with Crippen molar-refractivity contribution in [2.45, 2.75) is 25.9 Å². The number of carbonyl (C=O) groups is 1. The molecule has 3 heterocycles. The largest absolute Gasteiger partial charge is 0.488 e. The maximum Gasteiger partial charge on any atom is 0.263 e. The average Bonchev–Trinajstić information content (AvgIpc) is 3.08. The zero-order chi connectivity index (χ0) is 17.2. The molecule has 4 nitrogen and oxygen atoms in total. The van der Waals surface area contributed by atoms with Crippen LogP contribution in [0, 0.1) is 6.92 Å². The van der Waals surface area contributed by atoms with Gasteiger partial charge < -0.3 is 9.64 Å². The predicted octanol–water partition coefficient (Wildman–Crippen LogP) is 4.29. The Morgan fingerprint density at radius 1 is 1.24 bits per heavy atom. The lowest BCUT2D eigenvalue weighted by Crippen LogP contribution is -2.41. The molecule has 3 aromatic rings. The number of carbonyl (C=O) groups excluding carboxylic acids is 1. The number of piperidine rings is 1. The van der Waals surface area contributed by atoms with Crippen molar-refractivity contribution < 1.29 is 9.53 Å². The Balaban J connectivity index is 1.41. The molecule has 0 aliphatic carbocycles. The van der Waals surface area contributed by atoms with E-state index in [-0.39, 0.29) is 12.0 Å². The molecule has 0 spiro atoms. The maximum atomic E-state index is 12.5. The number of rotatable bonds is 3. The van der Waals surface area contributed by atoms with Crippen LogP contribution in [0.1, 0.15) is 28.1 Å². The van der Waals surface area contributed by atoms with E-state index in [1.54, 1.807) is 6.20 Å². The number of thiophene rings is 1. The van der Waals surface area contributed by atoms with Crippen LogP contribution in [0.15, 0.2) is 48.0 Å². The number of ether oxygens (including phenoxy) is 1. The second-order valence-corrected chi connectivity index (χ2v) is 7.34. The summed E-state index contributed by atoms with van der Waals surface area (Å²) < 4.78 is 6.21. The van der Waals surface area contributed by atoms with E-state index in [0.29, 0.717) is 0 Å². The number of fused-ring (bicyclic) bond motifs is 1. The molecule has 0 atom stereocenters. The third-order valence-corrected chi connectivity index (χ3v) is 5.60. The van der Waals surface area contributed by atoms with Crippen LogP contribution < -0.4 is 4.74 Å². The van der Waals surface area contributed by atoms with Crippen molar-refractivity contribution in [3.8, 4) is 5.75 Å². The fourth-order valence-corrected chi connectivity index (χ4v) is 4.09. The molecule has 128 valence electrons. The lowest BCUT2D eigenvalue weighted by atomic mass is 10.1. The third kappa shape index (κ3) is 3.37. The second kappa shape index (κ2) is 6.84. The zero-order valence-electron chi connectivity index (χ0n) is 14.1. The number of pyridine rings is 1. The monoisotopic (exact) mass is 352 g/mol. The maximum absolute atomic E-state index is 12.5. The van der Waals surface area contributed by atoms with Crippen molar-refractivity contribution in [1.29, 1.82) is 0 Å². The normalized spacial score (nSPS) is 15.5. The van der Waals surface area contributed by atoms with Gasteiger partial charge >= 0.3 is 0 Å². The molecule has 2 aromatic heterocycles. The molecule has 1 aliphatic rings. The van der Waals surface area contributed by atoms with Gasteiger partial charge in [0, 0.05) is 37.5 Å². The van der Waals surface area contributed by atoms with Gasteiger partial charge in [-0.15, -0.1) is 11.3 Å². The van der Waals surface area contributed by atoms with Gasteiger partial charge in [-0.25, -0.2) is 0 Å². The summed E-state index contributed by atoms with van der Waals surface area (Å²) in [5.74, 6) is 0.972. The molecular formula is C20H20N2O2S. The van der Waals surface area contributed by atoms with E-state index in [4.69, 9.17) is 4.74 Å². The van der Waals surface area contributed by atoms with Gasteiger partial charge in [0.05, 0.1) is 4.88 Å². The Kier molecular flexibility index (Phi) is 4.40. The fourth-order valence-electron chi connectivity index (χ4n) is 3.23. The summed E-state index contributed by atoms with van der Waals surface area (Å²) in [7, 11) is 0. The van der Waals surface area contributed by atoms with Gasteiger partial charge in [-0.2, -0.15) is 0 Å². The fraction of sp³-hybridized carbons (Fsp3) is 0.300. The van der Waals surface area contributed by atoms with Crippen molar-refractivity contribution in [3.05, 3.63) is 58.4 Å². The highest BCUT2D eigenvalue weighted by Crippen LogP contribution is 2.27. The second-order valence-electron chi connectivity index (χ2n) is 6.43. The summed E-state index contributed by atoms with van der Waals surface area (Å²) in [4.78, 5) is 19.7. The highest BCUT2D eigenvalue weighted by Gasteiger charge is 2.25. The molecule has 4 rings (SSSR count). The van der Waals surface area contributed by atoms with Crippen LogP contribution >= 0.6 is 11.3 Å². The summed E-state index contributed by atoms with van der Waals surface area (Å²) in [5, 5.41) is 3.11. The van der Waals surface area contributed by atoms with Crippen molar-refractivity contribution >= 4 is 28.1 Å². The van der Waals surface area contributed by atoms with Crippen LogP contribution in [0.5, 0.6) is 5.75 Å². The summed E-state index contributed by atoms with van der Waals surface area (Å²) in [6.45, 7) is 3.49. The van der Waals surface area contributed by atoms with E-state index >= 15 is 0 Å². The van der Waals surface area contributed by atoms with Crippen molar-refractivity contribution in [1.82, 2.24) is 9.88 Å². The number of hydrogen-bond acceptors (Lipinski definition) is 4. The van der Waals surface area contributed by atoms with E-state index in [1.165, 1.54) is 11.3 Å². The molecule has 0 unspecified atom stereocenters. The Bertz CT molecular complexity index is 892. The van der Waals surface area contributed by atoms with Crippen molar-refractivity contribution in [3.63, 3.8) is 0 Å². The molecule has 1 aliphatic heterocycles. The standard InChI is InChI=1S/C20H20N2O2S/c1-14-12-18(25-13-14)20(23)22-10-7-16(8-11-22)24-17-6-2-4-15-5-3-9-21-19(15)17/h2-6,9,12-13,16H,7-8,10-11H2,1H3. The van der Waals surface area contributed by atoms with Crippen LogP contribution in [0.4, 0.5) is 0 Å². The molecule has 0 radical (unpaired) electrons. The van der Waals surface area contributed by atoms with Crippen LogP contribution in [0.2, 0.25) is 0 Å². The van der Waals surface area contributed by atoms with E-state index in [0.717, 1.165) is 53.0 Å². The minimum Gasteiger partial charge on any atom is -0.488 e. The first-order valence-corrected chi connectivity index (χ1v) is 9.43. The Morgan fingerprint density at radius 2 is 2.04 bits per heavy atom. The van der Waals surface area contributed by atoms with Gasteiger partial charge in [-0.1, -0.05) is 18.2 Å².